The predicted octanol–water partition coefficient (Wildman–Crippen LogP) is 1.77. The van der Waals surface area contributed by atoms with Crippen molar-refractivity contribution in [2.45, 2.75) is 5.25 Å². The second-order valence-corrected chi connectivity index (χ2v) is 6.79. The van der Waals surface area contributed by atoms with Gasteiger partial charge in [0.05, 0.1) is 11.3 Å². The van der Waals surface area contributed by atoms with E-state index in [1.54, 1.807) is 0 Å². The molecule has 0 saturated carbocycles. The topological polar surface area (TPSA) is 81.1 Å². The van der Waals surface area contributed by atoms with Crippen molar-refractivity contribution in [1.29, 1.82) is 0 Å². The summed E-state index contributed by atoms with van der Waals surface area (Å²) >= 11 is 3.78. The van der Waals surface area contributed by atoms with Crippen LogP contribution in [0.3, 0.4) is 0 Å². The first-order valence-electron chi connectivity index (χ1n) is 5.90. The van der Waals surface area contributed by atoms with Gasteiger partial charge in [-0.25, -0.2) is 4.39 Å². The number of benzene rings is 1. The van der Waals surface area contributed by atoms with Crippen LogP contribution in [0.4, 0.5) is 15.8 Å². The molecular formula is C12H16FN3OS2. The third kappa shape index (κ3) is 3.70. The minimum absolute atomic E-state index is 0.0677. The Morgan fingerprint density at radius 3 is 2.89 bits per heavy atom. The summed E-state index contributed by atoms with van der Waals surface area (Å²) in [6.45, 7) is 0.663. The molecule has 1 unspecified atom stereocenters. The summed E-state index contributed by atoms with van der Waals surface area (Å²) in [6.07, 6.45) is 0. The summed E-state index contributed by atoms with van der Waals surface area (Å²) in [5.74, 6) is 2.23. The third-order valence-electron chi connectivity index (χ3n) is 2.81. The van der Waals surface area contributed by atoms with Gasteiger partial charge < -0.3 is 16.8 Å². The van der Waals surface area contributed by atoms with Gasteiger partial charge >= 0.3 is 0 Å². The molecule has 1 saturated heterocycles. The minimum atomic E-state index is -0.650. The number of carbonyl (C=O) groups is 1. The van der Waals surface area contributed by atoms with E-state index in [-0.39, 0.29) is 16.9 Å². The summed E-state index contributed by atoms with van der Waals surface area (Å²) in [5, 5.41) is 3.48. The van der Waals surface area contributed by atoms with Crippen molar-refractivity contribution in [1.82, 2.24) is 0 Å². The Hall–Kier alpha value is -1.08. The SMILES string of the molecule is NC(=O)c1cc(NCC2CSCCS2)c(F)cc1N. The molecule has 1 aromatic carbocycles. The molecule has 1 aromatic rings. The fraction of sp³-hybridized carbons (Fsp3) is 0.417. The van der Waals surface area contributed by atoms with Crippen molar-refractivity contribution in [3.63, 3.8) is 0 Å². The van der Waals surface area contributed by atoms with E-state index in [9.17, 15) is 9.18 Å². The molecule has 0 bridgehead atoms. The molecule has 0 aliphatic carbocycles. The first-order valence-corrected chi connectivity index (χ1v) is 8.10. The number of rotatable bonds is 4. The van der Waals surface area contributed by atoms with Gasteiger partial charge in [-0.3, -0.25) is 4.79 Å². The van der Waals surface area contributed by atoms with Gasteiger partial charge in [-0.1, -0.05) is 0 Å². The number of halogens is 1. The molecule has 4 nitrogen and oxygen atoms in total. The first kappa shape index (κ1) is 14.3. The summed E-state index contributed by atoms with van der Waals surface area (Å²) in [7, 11) is 0. The molecule has 2 rings (SSSR count). The van der Waals surface area contributed by atoms with Crippen molar-refractivity contribution in [2.75, 3.05) is 34.9 Å². The van der Waals surface area contributed by atoms with E-state index in [0.29, 0.717) is 11.8 Å². The number of carbonyl (C=O) groups excluding carboxylic acids is 1. The largest absolute Gasteiger partial charge is 0.398 e. The predicted molar refractivity (Wildman–Crippen MR) is 81.4 cm³/mol. The maximum Gasteiger partial charge on any atom is 0.250 e. The van der Waals surface area contributed by atoms with Gasteiger partial charge in [-0.2, -0.15) is 23.5 Å². The average molecular weight is 301 g/mol. The zero-order valence-electron chi connectivity index (χ0n) is 10.3. The highest BCUT2D eigenvalue weighted by Crippen LogP contribution is 2.26. The summed E-state index contributed by atoms with van der Waals surface area (Å²) in [5.41, 5.74) is 11.2. The van der Waals surface area contributed by atoms with E-state index in [1.165, 1.54) is 11.8 Å². The number of hydrogen-bond donors (Lipinski definition) is 3. The fourth-order valence-electron chi connectivity index (χ4n) is 1.82. The van der Waals surface area contributed by atoms with Crippen LogP contribution in [-0.4, -0.2) is 35.0 Å². The minimum Gasteiger partial charge on any atom is -0.398 e. The molecule has 1 heterocycles. The van der Waals surface area contributed by atoms with Crippen molar-refractivity contribution in [3.8, 4) is 0 Å². The van der Waals surface area contributed by atoms with E-state index < -0.39 is 11.7 Å². The zero-order chi connectivity index (χ0) is 13.8. The lowest BCUT2D eigenvalue weighted by Crippen LogP contribution is -2.24. The second kappa shape index (κ2) is 6.38. The number of nitrogens with one attached hydrogen (secondary N) is 1. The highest BCUT2D eigenvalue weighted by molar-refractivity contribution is 8.06. The molecule has 7 heteroatoms. The van der Waals surface area contributed by atoms with E-state index in [2.05, 4.69) is 5.32 Å². The lowest BCUT2D eigenvalue weighted by molar-refractivity contribution is 0.100. The number of primary amides is 1. The molecule has 5 N–H and O–H groups in total. The number of hydrogen-bond acceptors (Lipinski definition) is 5. The van der Waals surface area contributed by atoms with E-state index >= 15 is 0 Å². The Balaban J connectivity index is 2.06. The summed E-state index contributed by atoms with van der Waals surface area (Å²) in [6, 6.07) is 2.51. The number of anilines is 2. The Morgan fingerprint density at radius 2 is 2.26 bits per heavy atom. The molecule has 1 atom stereocenters. The van der Waals surface area contributed by atoms with Crippen LogP contribution in [0.25, 0.3) is 0 Å². The average Bonchev–Trinajstić information content (AvgIpc) is 2.38. The second-order valence-electron chi connectivity index (χ2n) is 4.23. The number of nitrogen functional groups attached to an aromatic ring is 1. The molecule has 1 amide bonds. The molecule has 0 spiro atoms. The molecule has 19 heavy (non-hydrogen) atoms. The van der Waals surface area contributed by atoms with Crippen LogP contribution in [0.5, 0.6) is 0 Å². The van der Waals surface area contributed by atoms with Gasteiger partial charge in [0.25, 0.3) is 5.91 Å². The van der Waals surface area contributed by atoms with Crippen LogP contribution in [0.1, 0.15) is 10.4 Å². The molecule has 1 fully saturated rings. The van der Waals surface area contributed by atoms with E-state index in [1.807, 2.05) is 23.5 Å². The van der Waals surface area contributed by atoms with Crippen LogP contribution >= 0.6 is 23.5 Å². The van der Waals surface area contributed by atoms with Gasteiger partial charge in [0.1, 0.15) is 5.82 Å². The Kier molecular flexibility index (Phi) is 4.81. The molecule has 0 radical (unpaired) electrons. The van der Waals surface area contributed by atoms with Gasteiger partial charge in [0.15, 0.2) is 0 Å². The summed E-state index contributed by atoms with van der Waals surface area (Å²) in [4.78, 5) is 11.2. The van der Waals surface area contributed by atoms with Gasteiger partial charge in [0, 0.05) is 34.7 Å². The van der Waals surface area contributed by atoms with E-state index in [0.717, 1.165) is 17.6 Å². The van der Waals surface area contributed by atoms with Crippen molar-refractivity contribution in [3.05, 3.63) is 23.5 Å². The fourth-order valence-corrected chi connectivity index (χ4v) is 4.43. The maximum atomic E-state index is 13.7. The number of thioether (sulfide) groups is 2. The van der Waals surface area contributed by atoms with Gasteiger partial charge in [-0.15, -0.1) is 0 Å². The van der Waals surface area contributed by atoms with E-state index in [4.69, 9.17) is 11.5 Å². The van der Waals surface area contributed by atoms with Crippen LogP contribution in [-0.2, 0) is 0 Å². The normalized spacial score (nSPS) is 19.1. The molecule has 1 aliphatic rings. The van der Waals surface area contributed by atoms with Crippen LogP contribution in [0.2, 0.25) is 0 Å². The monoisotopic (exact) mass is 301 g/mol. The van der Waals surface area contributed by atoms with Crippen LogP contribution in [0.15, 0.2) is 12.1 Å². The Morgan fingerprint density at radius 1 is 1.47 bits per heavy atom. The maximum absolute atomic E-state index is 13.7. The molecule has 0 aromatic heterocycles. The summed E-state index contributed by atoms with van der Waals surface area (Å²) < 4.78 is 13.7. The lowest BCUT2D eigenvalue weighted by atomic mass is 10.1. The van der Waals surface area contributed by atoms with Crippen molar-refractivity contribution < 1.29 is 9.18 Å². The molecular weight excluding hydrogens is 285 g/mol. The Labute approximate surface area is 119 Å². The molecule has 1 aliphatic heterocycles. The zero-order valence-corrected chi connectivity index (χ0v) is 12.0. The van der Waals surface area contributed by atoms with Gasteiger partial charge in [0.2, 0.25) is 0 Å². The smallest absolute Gasteiger partial charge is 0.250 e. The molecule has 104 valence electrons. The number of nitrogens with two attached hydrogens (primary N) is 2. The highest BCUT2D eigenvalue weighted by Gasteiger charge is 2.16. The van der Waals surface area contributed by atoms with Gasteiger partial charge in [-0.05, 0) is 12.1 Å². The third-order valence-corrected chi connectivity index (χ3v) is 5.65. The quantitative estimate of drug-likeness (QED) is 0.738. The first-order chi connectivity index (χ1) is 9.08. The highest BCUT2D eigenvalue weighted by atomic mass is 32.2. The van der Waals surface area contributed by atoms with Crippen LogP contribution in [0, 0.1) is 5.82 Å². The Bertz CT molecular complexity index is 478. The lowest BCUT2D eigenvalue weighted by Gasteiger charge is -2.22. The van der Waals surface area contributed by atoms with Crippen LogP contribution < -0.4 is 16.8 Å². The van der Waals surface area contributed by atoms with Crippen molar-refractivity contribution in [2.24, 2.45) is 5.73 Å². The standard InChI is InChI=1S/C12H16FN3OS2/c13-9-4-10(14)8(12(15)17)3-11(9)16-5-7-6-18-1-2-19-7/h3-4,7,16H,1-2,5-6,14H2,(H2,15,17). The van der Waals surface area contributed by atoms with Crippen molar-refractivity contribution >= 4 is 40.8 Å². The number of amides is 1.